The van der Waals surface area contributed by atoms with Gasteiger partial charge in [0.15, 0.2) is 5.76 Å². The molecular weight excluding hydrogens is 296 g/mol. The first-order valence-corrected chi connectivity index (χ1v) is 8.26. The molecule has 0 spiro atoms. The van der Waals surface area contributed by atoms with Gasteiger partial charge in [-0.3, -0.25) is 4.79 Å². The normalized spacial score (nSPS) is 20.4. The van der Waals surface area contributed by atoms with Crippen molar-refractivity contribution >= 4 is 15.9 Å². The van der Waals surface area contributed by atoms with Gasteiger partial charge < -0.3 is 15.2 Å². The first-order valence-electron chi connectivity index (χ1n) is 6.82. The Labute approximate surface area is 123 Å². The number of nitrogens with one attached hydrogen (secondary N) is 2. The fourth-order valence-electron chi connectivity index (χ4n) is 2.45. The van der Waals surface area contributed by atoms with Gasteiger partial charge in [-0.15, -0.1) is 0 Å². The van der Waals surface area contributed by atoms with Crippen molar-refractivity contribution in [1.82, 2.24) is 20.1 Å². The van der Waals surface area contributed by atoms with E-state index in [0.29, 0.717) is 18.8 Å². The second-order valence-electron chi connectivity index (χ2n) is 4.88. The quantitative estimate of drug-likeness (QED) is 0.768. The lowest BCUT2D eigenvalue weighted by Crippen LogP contribution is -2.59. The van der Waals surface area contributed by atoms with Crippen LogP contribution in [0.15, 0.2) is 9.42 Å². The van der Waals surface area contributed by atoms with E-state index in [0.717, 1.165) is 0 Å². The van der Waals surface area contributed by atoms with Crippen molar-refractivity contribution in [2.45, 2.75) is 31.7 Å². The van der Waals surface area contributed by atoms with Crippen molar-refractivity contribution in [3.8, 4) is 0 Å². The number of carbonyl (C=O) groups excluding carboxylic acids is 1. The number of aryl methyl sites for hydroxylation is 2. The van der Waals surface area contributed by atoms with Crippen LogP contribution in [0.25, 0.3) is 0 Å². The summed E-state index contributed by atoms with van der Waals surface area (Å²) < 4.78 is 31.8. The summed E-state index contributed by atoms with van der Waals surface area (Å²) >= 11 is 0. The van der Waals surface area contributed by atoms with E-state index < -0.39 is 16.1 Å². The van der Waals surface area contributed by atoms with Gasteiger partial charge in [0, 0.05) is 26.2 Å². The molecule has 0 aromatic carbocycles. The van der Waals surface area contributed by atoms with Gasteiger partial charge in [0.1, 0.15) is 16.6 Å². The van der Waals surface area contributed by atoms with E-state index in [-0.39, 0.29) is 29.7 Å². The fraction of sp³-hybridized carbons (Fsp3) is 0.667. The topological polar surface area (TPSA) is 105 Å². The Morgan fingerprint density at radius 3 is 2.81 bits per heavy atom. The number of aromatic nitrogens is 1. The Bertz CT molecular complexity index is 606. The number of rotatable bonds is 4. The second kappa shape index (κ2) is 6.12. The molecule has 1 unspecified atom stereocenters. The molecule has 2 heterocycles. The third-order valence-corrected chi connectivity index (χ3v) is 5.54. The summed E-state index contributed by atoms with van der Waals surface area (Å²) in [6.07, 6.45) is 0. The van der Waals surface area contributed by atoms with Gasteiger partial charge in [-0.05, 0) is 20.8 Å². The molecule has 9 heteroatoms. The van der Waals surface area contributed by atoms with Gasteiger partial charge in [0.05, 0.1) is 0 Å². The molecule has 1 saturated heterocycles. The Kier molecular flexibility index (Phi) is 4.64. The Balaban J connectivity index is 2.39. The van der Waals surface area contributed by atoms with Crippen LogP contribution in [-0.2, 0) is 14.8 Å². The van der Waals surface area contributed by atoms with Crippen LogP contribution in [0.2, 0.25) is 0 Å². The van der Waals surface area contributed by atoms with Gasteiger partial charge in [-0.2, -0.15) is 4.31 Å². The highest BCUT2D eigenvalue weighted by atomic mass is 32.2. The predicted octanol–water partition coefficient (Wildman–Crippen LogP) is -0.610. The standard InChI is InChI=1S/C12H20N4O4S/c1-4-14-12(17)10-7-13-5-6-16(10)21(18,19)11-8(2)15-20-9(11)3/h10,13H,4-7H2,1-3H3,(H,14,17). The third kappa shape index (κ3) is 2.94. The van der Waals surface area contributed by atoms with Gasteiger partial charge in [0.25, 0.3) is 0 Å². The molecule has 2 N–H and O–H groups in total. The van der Waals surface area contributed by atoms with Gasteiger partial charge in [-0.1, -0.05) is 5.16 Å². The van der Waals surface area contributed by atoms with Crippen LogP contribution in [0, 0.1) is 13.8 Å². The Hall–Kier alpha value is -1.45. The van der Waals surface area contributed by atoms with Crippen LogP contribution in [0.5, 0.6) is 0 Å². The SMILES string of the molecule is CCNC(=O)C1CNCCN1S(=O)(=O)c1c(C)noc1C. The molecule has 8 nitrogen and oxygen atoms in total. The molecule has 1 fully saturated rings. The lowest BCUT2D eigenvalue weighted by atomic mass is 10.2. The summed E-state index contributed by atoms with van der Waals surface area (Å²) in [7, 11) is -3.82. The highest BCUT2D eigenvalue weighted by molar-refractivity contribution is 7.89. The molecule has 1 amide bonds. The number of nitrogens with zero attached hydrogens (tertiary/aromatic N) is 2. The average Bonchev–Trinajstić information content (AvgIpc) is 2.79. The maximum Gasteiger partial charge on any atom is 0.249 e. The van der Waals surface area contributed by atoms with Crippen LogP contribution in [0.3, 0.4) is 0 Å². The summed E-state index contributed by atoms with van der Waals surface area (Å²) in [6.45, 7) is 6.39. The third-order valence-electron chi connectivity index (χ3n) is 3.38. The Morgan fingerprint density at radius 1 is 1.52 bits per heavy atom. The second-order valence-corrected chi connectivity index (χ2v) is 6.71. The van der Waals surface area contributed by atoms with Crippen molar-refractivity contribution in [3.63, 3.8) is 0 Å². The number of hydrogen-bond donors (Lipinski definition) is 2. The molecule has 1 aromatic heterocycles. The van der Waals surface area contributed by atoms with Crippen molar-refractivity contribution in [3.05, 3.63) is 11.5 Å². The van der Waals surface area contributed by atoms with Crippen molar-refractivity contribution < 1.29 is 17.7 Å². The molecular formula is C12H20N4O4S. The average molecular weight is 316 g/mol. The lowest BCUT2D eigenvalue weighted by molar-refractivity contribution is -0.125. The van der Waals surface area contributed by atoms with E-state index in [9.17, 15) is 13.2 Å². The molecule has 1 aliphatic rings. The first-order chi connectivity index (χ1) is 9.89. The summed E-state index contributed by atoms with van der Waals surface area (Å²) in [6, 6.07) is -0.766. The maximum atomic E-state index is 12.8. The molecule has 0 aliphatic carbocycles. The zero-order chi connectivity index (χ0) is 15.6. The zero-order valence-electron chi connectivity index (χ0n) is 12.3. The monoisotopic (exact) mass is 316 g/mol. The molecule has 118 valence electrons. The van der Waals surface area contributed by atoms with E-state index >= 15 is 0 Å². The van der Waals surface area contributed by atoms with Crippen molar-refractivity contribution in [1.29, 1.82) is 0 Å². The molecule has 21 heavy (non-hydrogen) atoms. The fourth-order valence-corrected chi connectivity index (χ4v) is 4.33. The lowest BCUT2D eigenvalue weighted by Gasteiger charge is -2.33. The molecule has 0 saturated carbocycles. The minimum atomic E-state index is -3.82. The summed E-state index contributed by atoms with van der Waals surface area (Å²) in [4.78, 5) is 12.2. The zero-order valence-corrected chi connectivity index (χ0v) is 13.2. The molecule has 1 aromatic rings. The summed E-state index contributed by atoms with van der Waals surface area (Å²) in [5.74, 6) is -0.0688. The van der Waals surface area contributed by atoms with Crippen molar-refractivity contribution in [2.75, 3.05) is 26.2 Å². The number of likely N-dealkylation sites (N-methyl/N-ethyl adjacent to an activating group) is 1. The van der Waals surface area contributed by atoms with Crippen LogP contribution in [0.1, 0.15) is 18.4 Å². The number of hydrogen-bond acceptors (Lipinski definition) is 6. The maximum absolute atomic E-state index is 12.8. The van der Waals surface area contributed by atoms with Crippen LogP contribution < -0.4 is 10.6 Å². The molecule has 0 radical (unpaired) electrons. The minimum Gasteiger partial charge on any atom is -0.360 e. The first kappa shape index (κ1) is 15.9. The molecule has 2 rings (SSSR count). The molecule has 1 atom stereocenters. The van der Waals surface area contributed by atoms with E-state index in [1.54, 1.807) is 20.8 Å². The number of carbonyl (C=O) groups is 1. The van der Waals surface area contributed by atoms with E-state index in [1.165, 1.54) is 4.31 Å². The van der Waals surface area contributed by atoms with Gasteiger partial charge in [-0.25, -0.2) is 8.42 Å². The van der Waals surface area contributed by atoms with E-state index in [2.05, 4.69) is 15.8 Å². The largest absolute Gasteiger partial charge is 0.360 e. The van der Waals surface area contributed by atoms with Crippen LogP contribution in [-0.4, -0.2) is 56.0 Å². The molecule has 1 aliphatic heterocycles. The number of amides is 1. The highest BCUT2D eigenvalue weighted by Crippen LogP contribution is 2.25. The number of sulfonamides is 1. The van der Waals surface area contributed by atoms with E-state index in [1.807, 2.05) is 0 Å². The number of piperazine rings is 1. The van der Waals surface area contributed by atoms with Gasteiger partial charge >= 0.3 is 0 Å². The van der Waals surface area contributed by atoms with Crippen molar-refractivity contribution in [2.24, 2.45) is 0 Å². The minimum absolute atomic E-state index is 0.0544. The predicted molar refractivity (Wildman–Crippen MR) is 75.2 cm³/mol. The molecule has 0 bridgehead atoms. The van der Waals surface area contributed by atoms with E-state index in [4.69, 9.17) is 4.52 Å². The Morgan fingerprint density at radius 2 is 2.24 bits per heavy atom. The van der Waals surface area contributed by atoms with Crippen LogP contribution in [0.4, 0.5) is 0 Å². The van der Waals surface area contributed by atoms with Crippen LogP contribution >= 0.6 is 0 Å². The van der Waals surface area contributed by atoms with Gasteiger partial charge in [0.2, 0.25) is 15.9 Å². The smallest absolute Gasteiger partial charge is 0.249 e. The summed E-state index contributed by atoms with van der Waals surface area (Å²) in [5.41, 5.74) is 0.306. The summed E-state index contributed by atoms with van der Waals surface area (Å²) in [5, 5.41) is 9.40. The highest BCUT2D eigenvalue weighted by Gasteiger charge is 2.40.